The van der Waals surface area contributed by atoms with Gasteiger partial charge in [0.2, 0.25) is 11.8 Å². The number of rotatable bonds is 6. The third-order valence-electron chi connectivity index (χ3n) is 6.63. The van der Waals surface area contributed by atoms with Gasteiger partial charge in [0.15, 0.2) is 0 Å². The molecule has 3 heterocycles. The average Bonchev–Trinajstić information content (AvgIpc) is 2.99. The fourth-order valence-corrected chi connectivity index (χ4v) is 4.42. The summed E-state index contributed by atoms with van der Waals surface area (Å²) in [5, 5.41) is 0.997. The summed E-state index contributed by atoms with van der Waals surface area (Å²) >= 11 is 0. The van der Waals surface area contributed by atoms with Crippen molar-refractivity contribution in [2.24, 2.45) is 0 Å². The minimum absolute atomic E-state index is 0.120. The van der Waals surface area contributed by atoms with Gasteiger partial charge in [0.1, 0.15) is 19.0 Å². The van der Waals surface area contributed by atoms with Crippen molar-refractivity contribution in [1.29, 1.82) is 0 Å². The summed E-state index contributed by atoms with van der Waals surface area (Å²) in [6, 6.07) is 6.39. The number of carbonyl (C=O) groups is 1. The first-order valence-electron chi connectivity index (χ1n) is 11.5. The lowest BCUT2D eigenvalue weighted by Crippen LogP contribution is -2.49. The molecule has 2 aliphatic heterocycles. The smallest absolute Gasteiger partial charge is 0.248 e. The van der Waals surface area contributed by atoms with Gasteiger partial charge in [0.05, 0.1) is 10.9 Å². The number of ether oxygens (including phenoxy) is 2. The normalized spacial score (nSPS) is 21.2. The van der Waals surface area contributed by atoms with Crippen molar-refractivity contribution in [3.63, 3.8) is 0 Å². The van der Waals surface area contributed by atoms with E-state index in [1.807, 2.05) is 4.90 Å². The van der Waals surface area contributed by atoms with E-state index in [1.54, 1.807) is 6.33 Å². The molecule has 0 atom stereocenters. The van der Waals surface area contributed by atoms with E-state index in [4.69, 9.17) is 9.47 Å². The van der Waals surface area contributed by atoms with Crippen LogP contribution in [0.25, 0.3) is 10.9 Å². The second-order valence-corrected chi connectivity index (χ2v) is 8.67. The number of piperazine rings is 1. The Kier molecular flexibility index (Phi) is 6.18. The Morgan fingerprint density at radius 3 is 2.71 bits per heavy atom. The average molecular weight is 426 g/mol. The third-order valence-corrected chi connectivity index (χ3v) is 6.63. The summed E-state index contributed by atoms with van der Waals surface area (Å²) in [4.78, 5) is 27.7. The summed E-state index contributed by atoms with van der Waals surface area (Å²) in [7, 11) is 0. The number of aromatic nitrogens is 2. The molecule has 2 saturated heterocycles. The van der Waals surface area contributed by atoms with Crippen molar-refractivity contribution < 1.29 is 14.3 Å². The first-order valence-corrected chi connectivity index (χ1v) is 11.5. The molecular formula is C23H31N5O3. The zero-order valence-electron chi connectivity index (χ0n) is 18.0. The molecule has 3 aliphatic rings. The van der Waals surface area contributed by atoms with Crippen molar-refractivity contribution in [3.05, 3.63) is 24.5 Å². The molecule has 1 aliphatic carbocycles. The van der Waals surface area contributed by atoms with Gasteiger partial charge < -0.3 is 19.3 Å². The topological polar surface area (TPSA) is 71.0 Å². The zero-order chi connectivity index (χ0) is 21.0. The first kappa shape index (κ1) is 20.5. The van der Waals surface area contributed by atoms with Crippen molar-refractivity contribution in [2.45, 2.75) is 31.8 Å². The van der Waals surface area contributed by atoms with E-state index >= 15 is 0 Å². The maximum absolute atomic E-state index is 12.1. The number of anilines is 1. The molecule has 1 saturated carbocycles. The predicted octanol–water partition coefficient (Wildman–Crippen LogP) is 1.93. The number of fused-ring (bicyclic) bond motifs is 1. The van der Waals surface area contributed by atoms with Crippen LogP contribution in [0.15, 0.2) is 24.5 Å². The van der Waals surface area contributed by atoms with Crippen LogP contribution in [0.5, 0.6) is 5.88 Å². The molecule has 0 unspecified atom stereocenters. The molecule has 31 heavy (non-hydrogen) atoms. The lowest BCUT2D eigenvalue weighted by atomic mass is 9.96. The lowest BCUT2D eigenvalue weighted by molar-refractivity contribution is -0.134. The lowest BCUT2D eigenvalue weighted by Gasteiger charge is -2.37. The number of hydrogen-bond acceptors (Lipinski definition) is 7. The van der Waals surface area contributed by atoms with E-state index in [9.17, 15) is 4.79 Å². The van der Waals surface area contributed by atoms with Crippen molar-refractivity contribution >= 4 is 22.5 Å². The highest BCUT2D eigenvalue weighted by Crippen LogP contribution is 2.31. The summed E-state index contributed by atoms with van der Waals surface area (Å²) in [6.45, 7) is 7.35. The van der Waals surface area contributed by atoms with E-state index in [-0.39, 0.29) is 12.5 Å². The van der Waals surface area contributed by atoms with Crippen LogP contribution in [-0.2, 0) is 9.53 Å². The Morgan fingerprint density at radius 2 is 1.90 bits per heavy atom. The number of carbonyl (C=O) groups excluding carboxylic acids is 1. The van der Waals surface area contributed by atoms with Crippen molar-refractivity contribution in [1.82, 2.24) is 19.8 Å². The highest BCUT2D eigenvalue weighted by Gasteiger charge is 2.23. The molecule has 0 bridgehead atoms. The molecule has 2 aromatic rings. The van der Waals surface area contributed by atoms with Crippen LogP contribution in [0, 0.1) is 0 Å². The van der Waals surface area contributed by atoms with Gasteiger partial charge >= 0.3 is 0 Å². The van der Waals surface area contributed by atoms with E-state index in [2.05, 4.69) is 38.0 Å². The van der Waals surface area contributed by atoms with E-state index in [0.717, 1.165) is 76.0 Å². The SMILES string of the molecule is O=C1COCCCN1CCN1CCN(c2ccc3ncnc(OC4CCC4)c3c2)CC1. The van der Waals surface area contributed by atoms with E-state index in [1.165, 1.54) is 12.1 Å². The highest BCUT2D eigenvalue weighted by atomic mass is 16.5. The number of hydrogen-bond donors (Lipinski definition) is 0. The molecule has 8 heteroatoms. The minimum atomic E-state index is 0.120. The van der Waals surface area contributed by atoms with Crippen LogP contribution in [-0.4, -0.2) is 90.8 Å². The summed E-state index contributed by atoms with van der Waals surface area (Å²) in [6.07, 6.45) is 6.29. The fourth-order valence-electron chi connectivity index (χ4n) is 4.42. The molecule has 5 rings (SSSR count). The standard InChI is InChI=1S/C23H31N5O3/c29-22-16-30-14-2-7-28(22)13-10-26-8-11-27(12-9-26)18-5-6-21-20(15-18)23(25-17-24-21)31-19-3-1-4-19/h5-6,15,17,19H,1-4,7-14,16H2. The molecule has 1 aromatic carbocycles. The minimum Gasteiger partial charge on any atom is -0.474 e. The van der Waals surface area contributed by atoms with Gasteiger partial charge in [0, 0.05) is 58.1 Å². The molecule has 0 N–H and O–H groups in total. The second kappa shape index (κ2) is 9.36. The van der Waals surface area contributed by atoms with Crippen LogP contribution in [0.2, 0.25) is 0 Å². The molecule has 1 aromatic heterocycles. The largest absolute Gasteiger partial charge is 0.474 e. The van der Waals surface area contributed by atoms with Crippen LogP contribution >= 0.6 is 0 Å². The molecule has 0 radical (unpaired) electrons. The third kappa shape index (κ3) is 4.75. The van der Waals surface area contributed by atoms with Crippen molar-refractivity contribution in [2.75, 3.05) is 63.9 Å². The molecule has 0 spiro atoms. The maximum atomic E-state index is 12.1. The molecule has 3 fully saturated rings. The Morgan fingerprint density at radius 1 is 1.03 bits per heavy atom. The first-order chi connectivity index (χ1) is 15.3. The quantitative estimate of drug-likeness (QED) is 0.700. The van der Waals surface area contributed by atoms with Crippen LogP contribution in [0.4, 0.5) is 5.69 Å². The van der Waals surface area contributed by atoms with E-state index < -0.39 is 0 Å². The second-order valence-electron chi connectivity index (χ2n) is 8.67. The van der Waals surface area contributed by atoms with Crippen LogP contribution in [0.1, 0.15) is 25.7 Å². The fraction of sp³-hybridized carbons (Fsp3) is 0.609. The van der Waals surface area contributed by atoms with Gasteiger partial charge in [0.25, 0.3) is 0 Å². The van der Waals surface area contributed by atoms with Crippen LogP contribution < -0.4 is 9.64 Å². The highest BCUT2D eigenvalue weighted by molar-refractivity contribution is 5.86. The monoisotopic (exact) mass is 425 g/mol. The summed E-state index contributed by atoms with van der Waals surface area (Å²) < 4.78 is 11.4. The number of amides is 1. The summed E-state index contributed by atoms with van der Waals surface area (Å²) in [5.74, 6) is 0.829. The van der Waals surface area contributed by atoms with Gasteiger partial charge in [-0.05, 0) is 43.9 Å². The molecule has 8 nitrogen and oxygen atoms in total. The number of nitrogens with zero attached hydrogens (tertiary/aromatic N) is 5. The van der Waals surface area contributed by atoms with Gasteiger partial charge in [-0.1, -0.05) is 0 Å². The van der Waals surface area contributed by atoms with Gasteiger partial charge in [-0.15, -0.1) is 0 Å². The molecule has 166 valence electrons. The Bertz CT molecular complexity index is 911. The van der Waals surface area contributed by atoms with Crippen LogP contribution in [0.3, 0.4) is 0 Å². The van der Waals surface area contributed by atoms with Gasteiger partial charge in [-0.25, -0.2) is 9.97 Å². The maximum Gasteiger partial charge on any atom is 0.248 e. The molecular weight excluding hydrogens is 394 g/mol. The Labute approximate surface area is 183 Å². The van der Waals surface area contributed by atoms with Gasteiger partial charge in [-0.2, -0.15) is 0 Å². The molecule has 1 amide bonds. The summed E-state index contributed by atoms with van der Waals surface area (Å²) in [5.41, 5.74) is 2.12. The van der Waals surface area contributed by atoms with Gasteiger partial charge in [-0.3, -0.25) is 9.69 Å². The number of benzene rings is 1. The zero-order valence-corrected chi connectivity index (χ0v) is 18.0. The van der Waals surface area contributed by atoms with Crippen molar-refractivity contribution in [3.8, 4) is 5.88 Å². The van der Waals surface area contributed by atoms with E-state index in [0.29, 0.717) is 18.6 Å². The Balaban J connectivity index is 1.19. The Hall–Kier alpha value is -2.45. The predicted molar refractivity (Wildman–Crippen MR) is 118 cm³/mol.